The van der Waals surface area contributed by atoms with E-state index in [0.29, 0.717) is 0 Å². The van der Waals surface area contributed by atoms with E-state index in [4.69, 9.17) is 42.6 Å². The van der Waals surface area contributed by atoms with Crippen molar-refractivity contribution in [3.63, 3.8) is 0 Å². The van der Waals surface area contributed by atoms with E-state index >= 15 is 0 Å². The molecule has 0 aromatic rings. The van der Waals surface area contributed by atoms with Crippen LogP contribution in [0.25, 0.3) is 0 Å². The maximum absolute atomic E-state index is 12.1. The molecule has 0 aromatic heterocycles. The van der Waals surface area contributed by atoms with Gasteiger partial charge in [0, 0.05) is 6.92 Å². The summed E-state index contributed by atoms with van der Waals surface area (Å²) < 4.78 is 51.9. The quantitative estimate of drug-likeness (QED) is 0.0867. The lowest BCUT2D eigenvalue weighted by atomic mass is 9.94. The minimum absolute atomic E-state index is 0.739. The summed E-state index contributed by atoms with van der Waals surface area (Å²) in [5, 5.41) is 151. The van der Waals surface area contributed by atoms with E-state index in [9.17, 15) is 76.3 Å². The number of rotatable bonds is 12. The van der Waals surface area contributed by atoms with E-state index in [-0.39, 0.29) is 0 Å². The van der Waals surface area contributed by atoms with Crippen molar-refractivity contribution in [3.8, 4) is 0 Å². The number of ether oxygens (including phenoxy) is 9. The van der Waals surface area contributed by atoms with E-state index in [1.807, 2.05) is 0 Å². The Kier molecular flexibility index (Phi) is 16.0. The van der Waals surface area contributed by atoms with Gasteiger partial charge >= 0.3 is 0 Å². The van der Waals surface area contributed by atoms with Gasteiger partial charge in [-0.15, -0.1) is 0 Å². The average Bonchev–Trinajstić information content (AvgIpc) is 3.17. The molecule has 57 heavy (non-hydrogen) atoms. The highest BCUT2D eigenvalue weighted by atomic mass is 16.8. The van der Waals surface area contributed by atoms with Gasteiger partial charge in [-0.3, -0.25) is 4.79 Å². The number of hydrogen-bond donors (Lipinski definition) is 15. The van der Waals surface area contributed by atoms with Crippen LogP contribution in [0.5, 0.6) is 0 Å². The molecular formula is C32H55NO24. The zero-order chi connectivity index (χ0) is 42.2. The van der Waals surface area contributed by atoms with E-state index in [1.165, 1.54) is 13.8 Å². The van der Waals surface area contributed by atoms with Crippen molar-refractivity contribution >= 4 is 5.91 Å². The summed E-state index contributed by atoms with van der Waals surface area (Å²) in [5.41, 5.74) is 0. The Bertz CT molecular complexity index is 1290. The Morgan fingerprint density at radius 2 is 0.860 bits per heavy atom. The molecule has 25 nitrogen and oxygen atoms in total. The molecule has 0 spiro atoms. The van der Waals surface area contributed by atoms with Gasteiger partial charge in [-0.1, -0.05) is 0 Å². The topological polar surface area (TPSA) is 395 Å². The zero-order valence-electron chi connectivity index (χ0n) is 30.9. The standard InChI is InChI=1S/C32H55NO24/c1-7-14(38)19(43)22(46)29(49-7)56-26-21(45)16(40)10(4-34)52-31(26)55-25-18(42)12(6-36)53-32(27(25)57-30-23(47)20(44)15(39)8(2)50-30)54-24-13(33-9(3)37)28(48)51-11(5-35)17(24)41/h7-8,10-32,34-36,38-48H,4-6H2,1-3H3,(H,33,37)/t7-,8-,10+,11+,12+,13+,14+,15+,16-,17-,18-,19+,20+,21-,22-,23-,24+,25-,26+,27+,28?,29-,30-,31-,32-/m0/s1. The Morgan fingerprint density at radius 1 is 0.456 bits per heavy atom. The lowest BCUT2D eigenvalue weighted by molar-refractivity contribution is -0.409. The van der Waals surface area contributed by atoms with Crippen LogP contribution >= 0.6 is 0 Å². The van der Waals surface area contributed by atoms with Gasteiger partial charge in [-0.2, -0.15) is 0 Å². The molecule has 1 unspecified atom stereocenters. The Balaban J connectivity index is 1.55. The first kappa shape index (κ1) is 46.6. The highest BCUT2D eigenvalue weighted by Crippen LogP contribution is 2.37. The average molecular weight is 838 g/mol. The fourth-order valence-electron chi connectivity index (χ4n) is 7.27. The van der Waals surface area contributed by atoms with Gasteiger partial charge in [0.1, 0.15) is 110 Å². The predicted octanol–water partition coefficient (Wildman–Crippen LogP) is -9.73. The van der Waals surface area contributed by atoms with E-state index in [1.54, 1.807) is 0 Å². The van der Waals surface area contributed by atoms with E-state index < -0.39 is 179 Å². The van der Waals surface area contributed by atoms with Gasteiger partial charge in [-0.25, -0.2) is 0 Å². The molecule has 0 aliphatic carbocycles. The molecular weight excluding hydrogens is 782 g/mol. The van der Waals surface area contributed by atoms with Gasteiger partial charge < -0.3 is 119 Å². The van der Waals surface area contributed by atoms with Crippen LogP contribution in [0.2, 0.25) is 0 Å². The largest absolute Gasteiger partial charge is 0.394 e. The number of hydrogen-bond acceptors (Lipinski definition) is 24. The molecule has 5 aliphatic heterocycles. The third kappa shape index (κ3) is 9.71. The van der Waals surface area contributed by atoms with Crippen LogP contribution in [0.3, 0.4) is 0 Å². The Morgan fingerprint density at radius 3 is 1.35 bits per heavy atom. The van der Waals surface area contributed by atoms with Crippen molar-refractivity contribution in [3.05, 3.63) is 0 Å². The van der Waals surface area contributed by atoms with Crippen molar-refractivity contribution < 1.29 is 119 Å². The summed E-state index contributed by atoms with van der Waals surface area (Å²) in [6.45, 7) is 0.924. The molecule has 25 atom stereocenters. The Labute approximate surface area is 324 Å². The first-order valence-electron chi connectivity index (χ1n) is 18.3. The number of amides is 1. The van der Waals surface area contributed by atoms with Crippen LogP contribution < -0.4 is 5.32 Å². The van der Waals surface area contributed by atoms with Crippen molar-refractivity contribution in [2.45, 2.75) is 174 Å². The molecule has 5 fully saturated rings. The number of aliphatic hydroxyl groups excluding tert-OH is 14. The first-order valence-corrected chi connectivity index (χ1v) is 18.3. The summed E-state index contributed by atoms with van der Waals surface area (Å²) in [6.07, 6.45) is -43.1. The second-order valence-electron chi connectivity index (χ2n) is 14.7. The summed E-state index contributed by atoms with van der Waals surface area (Å²) in [4.78, 5) is 12.1. The summed E-state index contributed by atoms with van der Waals surface area (Å²) >= 11 is 0. The normalized spacial score (nSPS) is 52.3. The summed E-state index contributed by atoms with van der Waals surface area (Å²) in [5.74, 6) is -0.739. The van der Waals surface area contributed by atoms with Gasteiger partial charge in [0.05, 0.1) is 32.0 Å². The van der Waals surface area contributed by atoms with Gasteiger partial charge in [0.25, 0.3) is 0 Å². The maximum atomic E-state index is 12.1. The van der Waals surface area contributed by atoms with Crippen molar-refractivity contribution in [2.24, 2.45) is 0 Å². The molecule has 0 saturated carbocycles. The first-order chi connectivity index (χ1) is 26.8. The second-order valence-corrected chi connectivity index (χ2v) is 14.7. The summed E-state index contributed by atoms with van der Waals surface area (Å²) in [6, 6.07) is -1.59. The predicted molar refractivity (Wildman–Crippen MR) is 175 cm³/mol. The number of aliphatic hydroxyl groups is 14. The van der Waals surface area contributed by atoms with Gasteiger partial charge in [-0.05, 0) is 13.8 Å². The minimum Gasteiger partial charge on any atom is -0.394 e. The van der Waals surface area contributed by atoms with Crippen molar-refractivity contribution in [2.75, 3.05) is 19.8 Å². The van der Waals surface area contributed by atoms with Crippen LogP contribution in [-0.2, 0) is 47.4 Å². The van der Waals surface area contributed by atoms with Crippen LogP contribution in [0, 0.1) is 0 Å². The number of nitrogens with one attached hydrogen (secondary N) is 1. The lowest BCUT2D eigenvalue weighted by Crippen LogP contribution is -2.70. The molecule has 5 aliphatic rings. The molecule has 5 saturated heterocycles. The fourth-order valence-corrected chi connectivity index (χ4v) is 7.27. The van der Waals surface area contributed by atoms with Crippen molar-refractivity contribution in [1.82, 2.24) is 5.32 Å². The highest BCUT2D eigenvalue weighted by Gasteiger charge is 2.58. The van der Waals surface area contributed by atoms with Gasteiger partial charge in [0.2, 0.25) is 5.91 Å². The molecule has 25 heteroatoms. The molecule has 0 radical (unpaired) electrons. The Hall–Kier alpha value is -1.45. The third-order valence-corrected chi connectivity index (χ3v) is 10.6. The number of carbonyl (C=O) groups excluding carboxylic acids is 1. The second kappa shape index (κ2) is 19.5. The number of carbonyl (C=O) groups is 1. The SMILES string of the molecule is CC(=O)N[C@H]1C(O)O[C@H](CO)[C@H](O)[C@@H]1O[C@@H]1O[C@H](CO)[C@H](O)[C@H](O[C@@H]2O[C@H](CO)[C@H](O)[C@H](O)[C@H]2O[C@@H]2O[C@@H](C)[C@@H](O)[C@@H](O)[C@@H]2O)[C@H]1O[C@@H]1O[C@@H](C)[C@@H](O)[C@@H](O)[C@@H]1O. The van der Waals surface area contributed by atoms with Gasteiger partial charge in [0.15, 0.2) is 31.5 Å². The van der Waals surface area contributed by atoms with Crippen LogP contribution in [-0.4, -0.2) is 251 Å². The minimum atomic E-state index is -2.04. The smallest absolute Gasteiger partial charge is 0.217 e. The van der Waals surface area contributed by atoms with Crippen LogP contribution in [0.1, 0.15) is 20.8 Å². The van der Waals surface area contributed by atoms with Crippen molar-refractivity contribution in [1.29, 1.82) is 0 Å². The van der Waals surface area contributed by atoms with E-state index in [0.717, 1.165) is 6.92 Å². The molecule has 15 N–H and O–H groups in total. The molecule has 0 aromatic carbocycles. The molecule has 332 valence electrons. The zero-order valence-corrected chi connectivity index (χ0v) is 30.9. The van der Waals surface area contributed by atoms with E-state index in [2.05, 4.69) is 5.32 Å². The molecule has 0 bridgehead atoms. The monoisotopic (exact) mass is 837 g/mol. The third-order valence-electron chi connectivity index (χ3n) is 10.6. The highest BCUT2D eigenvalue weighted by molar-refractivity contribution is 5.73. The molecule has 5 heterocycles. The lowest BCUT2D eigenvalue weighted by Gasteiger charge is -2.51. The van der Waals surface area contributed by atoms with Crippen LogP contribution in [0.4, 0.5) is 0 Å². The fraction of sp³-hybridized carbons (Fsp3) is 0.969. The maximum Gasteiger partial charge on any atom is 0.217 e. The van der Waals surface area contributed by atoms with Crippen LogP contribution in [0.15, 0.2) is 0 Å². The molecule has 5 rings (SSSR count). The molecule has 1 amide bonds. The summed E-state index contributed by atoms with van der Waals surface area (Å²) in [7, 11) is 0.